The Morgan fingerprint density at radius 3 is 1.05 bits per heavy atom. The van der Waals surface area contributed by atoms with Crippen molar-refractivity contribution in [2.75, 3.05) is 34.5 Å². The molecule has 0 amide bonds. The van der Waals surface area contributed by atoms with E-state index >= 15 is 0 Å². The number of ketones is 2. The van der Waals surface area contributed by atoms with Gasteiger partial charge in [0.25, 0.3) is 0 Å². The summed E-state index contributed by atoms with van der Waals surface area (Å²) in [5, 5.41) is 15.0. The van der Waals surface area contributed by atoms with E-state index in [0.717, 1.165) is 22.6 Å². The molecular formula is C30H39ClF4NaO6S2+3. The predicted octanol–water partition coefficient (Wildman–Crippen LogP) is 3.44. The molecule has 0 radical (unpaired) electrons. The number of halogens is 5. The normalized spacial score (nSPS) is 14.5. The maximum absolute atomic E-state index is 11.8. The van der Waals surface area contributed by atoms with Crippen LogP contribution in [0.25, 0.3) is 0 Å². The third kappa shape index (κ3) is 19.7. The Hall–Kier alpha value is -1.57. The molecule has 240 valence electrons. The first kappa shape index (κ1) is 44.6. The third-order valence-electron chi connectivity index (χ3n) is 5.85. The summed E-state index contributed by atoms with van der Waals surface area (Å²) >= 11 is 0. The van der Waals surface area contributed by atoms with Crippen molar-refractivity contribution in [2.24, 2.45) is 0 Å². The van der Waals surface area contributed by atoms with Crippen LogP contribution in [0.15, 0.2) is 60.7 Å². The van der Waals surface area contributed by atoms with Gasteiger partial charge < -0.3 is 10.2 Å². The number of carboxylic acids is 2. The Kier molecular flexibility index (Phi) is 23.1. The number of benzene rings is 2. The number of hydrogen-bond acceptors (Lipinski definition) is 4. The van der Waals surface area contributed by atoms with Crippen molar-refractivity contribution in [3.8, 4) is 0 Å². The Morgan fingerprint density at radius 2 is 0.841 bits per heavy atom. The predicted molar refractivity (Wildman–Crippen MR) is 168 cm³/mol. The Labute approximate surface area is 290 Å². The molecule has 2 heterocycles. The fraction of sp³-hybridized carbons (Fsp3) is 0.467. The van der Waals surface area contributed by atoms with Crippen LogP contribution >= 0.6 is 12.4 Å². The molecule has 0 unspecified atom stereocenters. The van der Waals surface area contributed by atoms with Gasteiger partial charge in [-0.05, 0) is 47.5 Å². The molecule has 0 spiro atoms. The van der Waals surface area contributed by atoms with Gasteiger partial charge in [0.05, 0.1) is 0 Å². The molecule has 0 saturated carbocycles. The second kappa shape index (κ2) is 22.9. The summed E-state index contributed by atoms with van der Waals surface area (Å²) in [6, 6.07) is 19.3. The van der Waals surface area contributed by atoms with Crippen molar-refractivity contribution < 1.29 is 76.5 Å². The molecule has 2 aliphatic rings. The zero-order valence-corrected chi connectivity index (χ0v) is 29.6. The zero-order valence-electron chi connectivity index (χ0n) is 25.1. The maximum atomic E-state index is 11.8. The van der Waals surface area contributed by atoms with Gasteiger partial charge in [0.1, 0.15) is 23.0 Å². The molecule has 0 aromatic heterocycles. The van der Waals surface area contributed by atoms with Gasteiger partial charge in [-0.15, -0.1) is 12.4 Å². The molecule has 2 aliphatic heterocycles. The van der Waals surface area contributed by atoms with Crippen molar-refractivity contribution in [1.82, 2.24) is 0 Å². The third-order valence-corrected chi connectivity index (χ3v) is 10.7. The Bertz CT molecular complexity index is 1030. The van der Waals surface area contributed by atoms with Crippen LogP contribution in [0.4, 0.5) is 17.6 Å². The molecule has 2 aromatic carbocycles. The van der Waals surface area contributed by atoms with Crippen molar-refractivity contribution in [2.45, 2.75) is 51.4 Å². The number of rotatable bonds is 8. The number of carboxylic acid groups (broad SMARTS) is 2. The summed E-state index contributed by atoms with van der Waals surface area (Å²) in [7, 11) is 0.785. The molecule has 0 bridgehead atoms. The van der Waals surface area contributed by atoms with E-state index in [1.165, 1.54) is 48.7 Å². The van der Waals surface area contributed by atoms with Crippen LogP contribution in [0, 0.1) is 0 Å². The molecule has 2 saturated heterocycles. The fourth-order valence-corrected chi connectivity index (χ4v) is 8.01. The summed E-state index contributed by atoms with van der Waals surface area (Å²) in [5.41, 5.74) is 1.76. The number of carbonyl (C=O) groups excluding carboxylic acids is 2. The van der Waals surface area contributed by atoms with E-state index in [4.69, 9.17) is 10.2 Å². The Morgan fingerprint density at radius 1 is 0.614 bits per heavy atom. The molecule has 6 nitrogen and oxygen atoms in total. The van der Waals surface area contributed by atoms with Crippen LogP contribution < -0.4 is 29.6 Å². The monoisotopic (exact) mass is 693 g/mol. The fourth-order valence-electron chi connectivity index (χ4n) is 3.50. The molecule has 2 aromatic rings. The minimum absolute atomic E-state index is 0. The summed E-state index contributed by atoms with van der Waals surface area (Å²) in [6.07, 6.45) is 5.30. The number of hydrogen-bond donors (Lipinski definition) is 2. The van der Waals surface area contributed by atoms with Crippen LogP contribution in [-0.4, -0.2) is 80.1 Å². The molecule has 0 atom stereocenters. The summed E-state index contributed by atoms with van der Waals surface area (Å²) in [4.78, 5) is 42.2. The van der Waals surface area contributed by atoms with Crippen molar-refractivity contribution in [3.05, 3.63) is 71.8 Å². The number of Topliss-reactive ketones (excluding diaryl/α,β-unsaturated/α-hetero) is 2. The van der Waals surface area contributed by atoms with E-state index in [1.807, 2.05) is 60.7 Å². The van der Waals surface area contributed by atoms with Crippen LogP contribution in [-0.2, 0) is 31.4 Å². The molecule has 0 aliphatic carbocycles. The van der Waals surface area contributed by atoms with Crippen molar-refractivity contribution in [3.63, 3.8) is 0 Å². The van der Waals surface area contributed by atoms with Crippen LogP contribution in [0.5, 0.6) is 0 Å². The van der Waals surface area contributed by atoms with E-state index in [1.54, 1.807) is 0 Å². The molecule has 2 fully saturated rings. The Balaban J connectivity index is 0. The molecule has 2 N–H and O–H groups in total. The van der Waals surface area contributed by atoms with Gasteiger partial charge in [0.2, 0.25) is 11.6 Å². The first-order valence-corrected chi connectivity index (χ1v) is 16.7. The van der Waals surface area contributed by atoms with Gasteiger partial charge in [0.15, 0.2) is 11.5 Å². The van der Waals surface area contributed by atoms with Gasteiger partial charge in [-0.1, -0.05) is 60.7 Å². The van der Waals surface area contributed by atoms with Gasteiger partial charge in [-0.25, -0.2) is 9.59 Å². The summed E-state index contributed by atoms with van der Waals surface area (Å²) < 4.78 is 45.0. The molecule has 4 rings (SSSR count). The second-order valence-corrected chi connectivity index (χ2v) is 14.4. The number of aliphatic carboxylic acids is 2. The minimum atomic E-state index is -3.58. The largest absolute Gasteiger partial charge is 1.00 e. The zero-order chi connectivity index (χ0) is 31.8. The molecule has 44 heavy (non-hydrogen) atoms. The van der Waals surface area contributed by atoms with Gasteiger partial charge >= 0.3 is 53.3 Å². The standard InChI is InChI=1S/2C12H15OS.2C3H4F2O2.ClH.Na/c2*13-12(10-14-8-4-5-9-14)11-6-2-1-3-7-11;2*1-3(4,5)2(6)7;;/h2*1-3,6-7H,4-5,8-10H2;2*1H3,(H,6,7);1H;/q2*+1;;;;+1. The SMILES string of the molecule is CC(F)(F)C(=O)O.CC(F)(F)C(=O)O.Cl.O=C(C[S+]1CCCC1)c1ccccc1.O=C(C[S+]1CCCC1)c1ccccc1.[Na+]. The smallest absolute Gasteiger partial charge is 0.477 e. The van der Waals surface area contributed by atoms with Gasteiger partial charge in [0, 0.05) is 25.0 Å². The van der Waals surface area contributed by atoms with E-state index < -0.39 is 23.8 Å². The van der Waals surface area contributed by atoms with E-state index in [9.17, 15) is 36.7 Å². The molecule has 14 heteroatoms. The van der Waals surface area contributed by atoms with Gasteiger partial charge in [-0.3, -0.25) is 9.59 Å². The van der Waals surface area contributed by atoms with Crippen LogP contribution in [0.2, 0.25) is 0 Å². The van der Waals surface area contributed by atoms with Crippen LogP contribution in [0.1, 0.15) is 60.2 Å². The quantitative estimate of drug-likeness (QED) is 0.190. The second-order valence-electron chi connectivity index (χ2n) is 9.71. The number of carbonyl (C=O) groups is 4. The van der Waals surface area contributed by atoms with Crippen LogP contribution in [0.3, 0.4) is 0 Å². The van der Waals surface area contributed by atoms with E-state index in [0.29, 0.717) is 47.2 Å². The van der Waals surface area contributed by atoms with E-state index in [-0.39, 0.29) is 42.0 Å². The van der Waals surface area contributed by atoms with E-state index in [2.05, 4.69) is 0 Å². The van der Waals surface area contributed by atoms with Crippen molar-refractivity contribution >= 4 is 57.7 Å². The number of alkyl halides is 4. The maximum Gasteiger partial charge on any atom is 1.00 e. The molecular weight excluding hydrogens is 655 g/mol. The minimum Gasteiger partial charge on any atom is -0.477 e. The summed E-state index contributed by atoms with van der Waals surface area (Å²) in [5.74, 6) is -4.02. The average molecular weight is 694 g/mol. The first-order chi connectivity index (χ1) is 19.6. The average Bonchev–Trinajstić information content (AvgIpc) is 3.64. The van der Waals surface area contributed by atoms with Crippen molar-refractivity contribution in [1.29, 1.82) is 0 Å². The summed E-state index contributed by atoms with van der Waals surface area (Å²) in [6.45, 7) is 0.657. The first-order valence-electron chi connectivity index (χ1n) is 13.3. The van der Waals surface area contributed by atoms with Gasteiger partial charge in [-0.2, -0.15) is 17.6 Å². The topological polar surface area (TPSA) is 109 Å².